The Morgan fingerprint density at radius 2 is 1.85 bits per heavy atom. The van der Waals surface area contributed by atoms with Crippen LogP contribution in [-0.4, -0.2) is 25.7 Å². The second-order valence-electron chi connectivity index (χ2n) is 8.43. The smallest absolute Gasteiger partial charge is 0.348 e. The standard InChI is InChI=1S/C26H26FNO4S/c1-15-13-26(2,3)28-19-12-21(31-5)24(17-9-8-16(27)11-20(17)30-4)18(23(15)19)14-32-25(29)22-7-6-10-33-22/h6-13,28H,14H2,1-5H3. The number of methoxy groups -OCH3 is 2. The van der Waals surface area contributed by atoms with Gasteiger partial charge in [-0.25, -0.2) is 9.18 Å². The van der Waals surface area contributed by atoms with Crippen molar-refractivity contribution in [1.82, 2.24) is 0 Å². The summed E-state index contributed by atoms with van der Waals surface area (Å²) in [4.78, 5) is 13.2. The summed E-state index contributed by atoms with van der Waals surface area (Å²) in [5.41, 5.74) is 4.69. The Hall–Kier alpha value is -3.32. The normalized spacial score (nSPS) is 14.1. The first kappa shape index (κ1) is 22.9. The zero-order valence-corrected chi connectivity index (χ0v) is 20.1. The lowest BCUT2D eigenvalue weighted by atomic mass is 9.84. The molecule has 3 aromatic rings. The molecule has 0 amide bonds. The van der Waals surface area contributed by atoms with Crippen molar-refractivity contribution < 1.29 is 23.4 Å². The number of anilines is 1. The van der Waals surface area contributed by atoms with Crippen molar-refractivity contribution in [2.45, 2.75) is 32.9 Å². The van der Waals surface area contributed by atoms with E-state index in [1.54, 1.807) is 19.2 Å². The van der Waals surface area contributed by atoms with Crippen LogP contribution in [-0.2, 0) is 11.3 Å². The number of hydrogen-bond donors (Lipinski definition) is 1. The lowest BCUT2D eigenvalue weighted by Crippen LogP contribution is -2.32. The fourth-order valence-electron chi connectivity index (χ4n) is 4.33. The second kappa shape index (κ2) is 8.90. The van der Waals surface area contributed by atoms with E-state index in [0.717, 1.165) is 22.4 Å². The number of fused-ring (bicyclic) bond motifs is 1. The number of allylic oxidation sites excluding steroid dienone is 1. The Kier molecular flexibility index (Phi) is 6.17. The fraction of sp³-hybridized carbons (Fsp3) is 0.269. The number of rotatable bonds is 6. The maximum Gasteiger partial charge on any atom is 0.348 e. The summed E-state index contributed by atoms with van der Waals surface area (Å²) in [6.45, 7) is 6.21. The molecule has 0 fully saturated rings. The summed E-state index contributed by atoms with van der Waals surface area (Å²) in [6, 6.07) is 9.83. The number of ether oxygens (including phenoxy) is 3. The van der Waals surface area contributed by atoms with Crippen LogP contribution in [0.3, 0.4) is 0 Å². The lowest BCUT2D eigenvalue weighted by molar-refractivity contribution is 0.0478. The van der Waals surface area contributed by atoms with Crippen LogP contribution in [0, 0.1) is 5.82 Å². The van der Waals surface area contributed by atoms with Gasteiger partial charge in [0.2, 0.25) is 0 Å². The van der Waals surface area contributed by atoms with Crippen molar-refractivity contribution in [1.29, 1.82) is 0 Å². The highest BCUT2D eigenvalue weighted by molar-refractivity contribution is 7.11. The molecule has 1 N–H and O–H groups in total. The average Bonchev–Trinajstić information content (AvgIpc) is 3.31. The molecule has 1 aliphatic heterocycles. The van der Waals surface area contributed by atoms with E-state index in [2.05, 4.69) is 25.2 Å². The molecule has 2 aromatic carbocycles. The minimum Gasteiger partial charge on any atom is -0.496 e. The number of benzene rings is 2. The average molecular weight is 468 g/mol. The quantitative estimate of drug-likeness (QED) is 0.418. The molecule has 0 saturated heterocycles. The minimum absolute atomic E-state index is 0.0133. The topological polar surface area (TPSA) is 56.8 Å². The molecule has 5 nitrogen and oxygen atoms in total. The van der Waals surface area contributed by atoms with Crippen LogP contribution in [0.4, 0.5) is 10.1 Å². The lowest BCUT2D eigenvalue weighted by Gasteiger charge is -2.34. The molecule has 0 saturated carbocycles. The van der Waals surface area contributed by atoms with E-state index >= 15 is 0 Å². The maximum atomic E-state index is 14.0. The van der Waals surface area contributed by atoms with E-state index < -0.39 is 11.8 Å². The third-order valence-electron chi connectivity index (χ3n) is 5.55. The van der Waals surface area contributed by atoms with Gasteiger partial charge in [-0.1, -0.05) is 12.1 Å². The molecule has 0 spiro atoms. The predicted molar refractivity (Wildman–Crippen MR) is 130 cm³/mol. The van der Waals surface area contributed by atoms with Gasteiger partial charge in [0.05, 0.1) is 19.8 Å². The number of carbonyl (C=O) groups is 1. The largest absolute Gasteiger partial charge is 0.496 e. The number of esters is 1. The van der Waals surface area contributed by atoms with Crippen LogP contribution >= 0.6 is 11.3 Å². The Morgan fingerprint density at radius 3 is 2.52 bits per heavy atom. The summed E-state index contributed by atoms with van der Waals surface area (Å²) < 4.78 is 31.0. The van der Waals surface area contributed by atoms with Crippen molar-refractivity contribution in [2.24, 2.45) is 0 Å². The van der Waals surface area contributed by atoms with Crippen molar-refractivity contribution in [3.8, 4) is 22.6 Å². The van der Waals surface area contributed by atoms with Crippen molar-refractivity contribution >= 4 is 28.6 Å². The molecule has 1 aromatic heterocycles. The van der Waals surface area contributed by atoms with Crippen LogP contribution < -0.4 is 14.8 Å². The molecule has 0 radical (unpaired) electrons. The summed E-state index contributed by atoms with van der Waals surface area (Å²) >= 11 is 1.33. The first-order valence-corrected chi connectivity index (χ1v) is 11.4. The van der Waals surface area contributed by atoms with E-state index in [0.29, 0.717) is 27.5 Å². The molecule has 1 aliphatic rings. The highest BCUT2D eigenvalue weighted by Crippen LogP contribution is 2.47. The minimum atomic E-state index is -0.405. The van der Waals surface area contributed by atoms with Gasteiger partial charge in [0.25, 0.3) is 0 Å². The number of carbonyl (C=O) groups excluding carboxylic acids is 1. The van der Waals surface area contributed by atoms with Crippen molar-refractivity contribution in [3.05, 3.63) is 69.7 Å². The Labute approximate surface area is 196 Å². The number of nitrogens with one attached hydrogen (secondary N) is 1. The van der Waals surface area contributed by atoms with E-state index in [-0.39, 0.29) is 12.1 Å². The summed E-state index contributed by atoms with van der Waals surface area (Å²) in [7, 11) is 3.08. The van der Waals surface area contributed by atoms with Gasteiger partial charge < -0.3 is 19.5 Å². The van der Waals surface area contributed by atoms with Gasteiger partial charge in [0.1, 0.15) is 28.8 Å². The van der Waals surface area contributed by atoms with E-state index in [1.807, 2.05) is 24.4 Å². The first-order valence-electron chi connectivity index (χ1n) is 10.5. The molecule has 0 aliphatic carbocycles. The summed E-state index contributed by atoms with van der Waals surface area (Å²) in [5.74, 6) is 0.130. The molecular weight excluding hydrogens is 441 g/mol. The van der Waals surface area contributed by atoms with Gasteiger partial charge >= 0.3 is 5.97 Å². The van der Waals surface area contributed by atoms with Crippen LogP contribution in [0.15, 0.2) is 47.9 Å². The van der Waals surface area contributed by atoms with E-state index in [9.17, 15) is 9.18 Å². The maximum absolute atomic E-state index is 14.0. The molecule has 7 heteroatoms. The van der Waals surface area contributed by atoms with Crippen LogP contribution in [0.25, 0.3) is 16.7 Å². The van der Waals surface area contributed by atoms with Crippen LogP contribution in [0.2, 0.25) is 0 Å². The first-order chi connectivity index (χ1) is 15.7. The van der Waals surface area contributed by atoms with Crippen LogP contribution in [0.1, 0.15) is 41.6 Å². The molecule has 0 atom stereocenters. The zero-order chi connectivity index (χ0) is 23.8. The molecular formula is C26H26FNO4S. The monoisotopic (exact) mass is 467 g/mol. The Balaban J connectivity index is 1.93. The van der Waals surface area contributed by atoms with Crippen molar-refractivity contribution in [2.75, 3.05) is 19.5 Å². The van der Waals surface area contributed by atoms with Gasteiger partial charge in [-0.05, 0) is 49.9 Å². The number of halogens is 1. The zero-order valence-electron chi connectivity index (χ0n) is 19.2. The number of thiophene rings is 1. The summed E-state index contributed by atoms with van der Waals surface area (Å²) in [6.07, 6.45) is 2.14. The number of hydrogen-bond acceptors (Lipinski definition) is 6. The highest BCUT2D eigenvalue weighted by atomic mass is 32.1. The van der Waals surface area contributed by atoms with Gasteiger partial charge in [0, 0.05) is 40.1 Å². The van der Waals surface area contributed by atoms with Crippen LogP contribution in [0.5, 0.6) is 11.5 Å². The molecule has 0 unspecified atom stereocenters. The molecule has 33 heavy (non-hydrogen) atoms. The van der Waals surface area contributed by atoms with Gasteiger partial charge in [-0.3, -0.25) is 0 Å². The van der Waals surface area contributed by atoms with E-state index in [1.165, 1.54) is 30.6 Å². The molecule has 172 valence electrons. The van der Waals surface area contributed by atoms with Gasteiger partial charge in [0.15, 0.2) is 0 Å². The Bertz CT molecular complexity index is 1230. The fourth-order valence-corrected chi connectivity index (χ4v) is 4.95. The summed E-state index contributed by atoms with van der Waals surface area (Å²) in [5, 5.41) is 5.36. The molecule has 0 bridgehead atoms. The van der Waals surface area contributed by atoms with Gasteiger partial charge in [-0.2, -0.15) is 0 Å². The third kappa shape index (κ3) is 4.46. The predicted octanol–water partition coefficient (Wildman–Crippen LogP) is 6.54. The third-order valence-corrected chi connectivity index (χ3v) is 6.40. The van der Waals surface area contributed by atoms with Gasteiger partial charge in [-0.15, -0.1) is 11.3 Å². The van der Waals surface area contributed by atoms with Crippen molar-refractivity contribution in [3.63, 3.8) is 0 Å². The Morgan fingerprint density at radius 1 is 1.09 bits per heavy atom. The second-order valence-corrected chi connectivity index (χ2v) is 9.37. The molecule has 2 heterocycles. The highest BCUT2D eigenvalue weighted by Gasteiger charge is 2.30. The van der Waals surface area contributed by atoms with E-state index in [4.69, 9.17) is 14.2 Å². The SMILES string of the molecule is COc1cc(F)ccc1-c1c(OC)cc2c(c1COC(=O)c1cccs1)C(C)=CC(C)(C)N2. The molecule has 4 rings (SSSR count).